The fourth-order valence-corrected chi connectivity index (χ4v) is 1.66. The van der Waals surface area contributed by atoms with Crippen molar-refractivity contribution in [3.63, 3.8) is 0 Å². The molecule has 1 rings (SSSR count). The normalized spacial score (nSPS) is 10.9. The quantitative estimate of drug-likeness (QED) is 0.647. The monoisotopic (exact) mass is 218 g/mol. The maximum Gasteiger partial charge on any atom is 0.122 e. The molecule has 0 bridgehead atoms. The summed E-state index contributed by atoms with van der Waals surface area (Å²) in [7, 11) is 0. The molecule has 0 saturated carbocycles. The molecule has 0 atom stereocenters. The highest BCUT2D eigenvalue weighted by Crippen LogP contribution is 2.22. The summed E-state index contributed by atoms with van der Waals surface area (Å²) in [4.78, 5) is 0. The second-order valence-electron chi connectivity index (χ2n) is 4.07. The van der Waals surface area contributed by atoms with Crippen LogP contribution in [0.3, 0.4) is 0 Å². The summed E-state index contributed by atoms with van der Waals surface area (Å²) in [6.45, 7) is 7.13. The van der Waals surface area contributed by atoms with Crippen LogP contribution in [-0.2, 0) is 6.42 Å². The first kappa shape index (κ1) is 12.8. The summed E-state index contributed by atoms with van der Waals surface area (Å²) in [6, 6.07) is 6.44. The van der Waals surface area contributed by atoms with E-state index >= 15 is 0 Å². The van der Waals surface area contributed by atoms with Crippen molar-refractivity contribution in [2.45, 2.75) is 40.0 Å². The van der Waals surface area contributed by atoms with Crippen LogP contribution in [0.2, 0.25) is 0 Å². The molecule has 1 heteroatoms. The molecule has 0 amide bonds. The van der Waals surface area contributed by atoms with Crippen molar-refractivity contribution >= 4 is 0 Å². The summed E-state index contributed by atoms with van der Waals surface area (Å²) in [5.41, 5.74) is 2.63. The van der Waals surface area contributed by atoms with E-state index in [2.05, 4.69) is 51.1 Å². The highest BCUT2D eigenvalue weighted by Gasteiger charge is 2.02. The number of hydrogen-bond acceptors (Lipinski definition) is 1. The minimum atomic E-state index is 0.805. The van der Waals surface area contributed by atoms with Gasteiger partial charge >= 0.3 is 0 Å². The van der Waals surface area contributed by atoms with Crippen LogP contribution in [0.15, 0.2) is 30.4 Å². The van der Waals surface area contributed by atoms with E-state index in [-0.39, 0.29) is 0 Å². The summed E-state index contributed by atoms with van der Waals surface area (Å²) in [5, 5.41) is 0. The van der Waals surface area contributed by atoms with Crippen LogP contribution in [0.5, 0.6) is 5.75 Å². The molecule has 1 aromatic rings. The fraction of sp³-hybridized carbons (Fsp3) is 0.467. The topological polar surface area (TPSA) is 9.23 Å². The highest BCUT2D eigenvalue weighted by molar-refractivity contribution is 5.37. The summed E-state index contributed by atoms with van der Waals surface area (Å²) >= 11 is 0. The van der Waals surface area contributed by atoms with Crippen molar-refractivity contribution in [2.75, 3.05) is 6.61 Å². The number of aryl methyl sites for hydroxylation is 2. The van der Waals surface area contributed by atoms with Gasteiger partial charge in [0.05, 0.1) is 6.61 Å². The van der Waals surface area contributed by atoms with E-state index in [1.807, 2.05) is 0 Å². The Bertz CT molecular complexity index is 339. The molecule has 0 saturated heterocycles. The van der Waals surface area contributed by atoms with Crippen LogP contribution in [0.25, 0.3) is 0 Å². The SMILES string of the molecule is C/C=C\CCc1cc(C)ccc1OCCC. The number of ether oxygens (including phenoxy) is 1. The van der Waals surface area contributed by atoms with E-state index in [4.69, 9.17) is 4.74 Å². The van der Waals surface area contributed by atoms with Crippen LogP contribution in [0.4, 0.5) is 0 Å². The lowest BCUT2D eigenvalue weighted by Gasteiger charge is -2.11. The van der Waals surface area contributed by atoms with Gasteiger partial charge in [0.2, 0.25) is 0 Å². The molecule has 0 aliphatic heterocycles. The average Bonchev–Trinajstić information content (AvgIpc) is 2.28. The van der Waals surface area contributed by atoms with Crippen LogP contribution in [0, 0.1) is 6.92 Å². The fourth-order valence-electron chi connectivity index (χ4n) is 1.66. The van der Waals surface area contributed by atoms with Gasteiger partial charge in [-0.25, -0.2) is 0 Å². The lowest BCUT2D eigenvalue weighted by atomic mass is 10.1. The van der Waals surface area contributed by atoms with Crippen molar-refractivity contribution in [3.8, 4) is 5.75 Å². The van der Waals surface area contributed by atoms with Crippen LogP contribution in [0.1, 0.15) is 37.8 Å². The van der Waals surface area contributed by atoms with Gasteiger partial charge in [0.15, 0.2) is 0 Å². The van der Waals surface area contributed by atoms with E-state index in [9.17, 15) is 0 Å². The molecule has 0 unspecified atom stereocenters. The van der Waals surface area contributed by atoms with Gasteiger partial charge in [-0.3, -0.25) is 0 Å². The molecular weight excluding hydrogens is 196 g/mol. The second-order valence-corrected chi connectivity index (χ2v) is 4.07. The predicted octanol–water partition coefficient (Wildman–Crippen LogP) is 4.29. The Morgan fingerprint density at radius 1 is 1.31 bits per heavy atom. The molecule has 0 aromatic heterocycles. The maximum absolute atomic E-state index is 5.75. The summed E-state index contributed by atoms with van der Waals surface area (Å²) in [6.07, 6.45) is 7.50. The third-order valence-electron chi connectivity index (χ3n) is 2.49. The van der Waals surface area contributed by atoms with E-state index in [0.29, 0.717) is 0 Å². The molecule has 88 valence electrons. The molecule has 0 aliphatic carbocycles. The van der Waals surface area contributed by atoms with Gasteiger partial charge in [-0.2, -0.15) is 0 Å². The van der Waals surface area contributed by atoms with Crippen molar-refractivity contribution in [2.24, 2.45) is 0 Å². The summed E-state index contributed by atoms with van der Waals surface area (Å²) in [5.74, 6) is 1.05. The van der Waals surface area contributed by atoms with Gasteiger partial charge in [0.25, 0.3) is 0 Å². The third-order valence-corrected chi connectivity index (χ3v) is 2.49. The molecule has 0 fully saturated rings. The van der Waals surface area contributed by atoms with Crippen LogP contribution >= 0.6 is 0 Å². The van der Waals surface area contributed by atoms with Crippen molar-refractivity contribution in [1.29, 1.82) is 0 Å². The number of allylic oxidation sites excluding steroid dienone is 2. The zero-order chi connectivity index (χ0) is 11.8. The molecular formula is C15H22O. The molecule has 0 aliphatic rings. The minimum absolute atomic E-state index is 0.805. The van der Waals surface area contributed by atoms with Gasteiger partial charge < -0.3 is 4.74 Å². The van der Waals surface area contributed by atoms with Gasteiger partial charge in [0.1, 0.15) is 5.75 Å². The molecule has 0 radical (unpaired) electrons. The number of hydrogen-bond donors (Lipinski definition) is 0. The standard InChI is InChI=1S/C15H22O/c1-4-6-7-8-14-12-13(3)9-10-15(14)16-11-5-2/h4,6,9-10,12H,5,7-8,11H2,1-3H3/b6-4-. The predicted molar refractivity (Wildman–Crippen MR) is 70.1 cm³/mol. The number of rotatable bonds is 6. The molecule has 0 spiro atoms. The lowest BCUT2D eigenvalue weighted by molar-refractivity contribution is 0.314. The first-order valence-electron chi connectivity index (χ1n) is 6.11. The van der Waals surface area contributed by atoms with Gasteiger partial charge in [-0.15, -0.1) is 0 Å². The Balaban J connectivity index is 2.72. The largest absolute Gasteiger partial charge is 0.493 e. The van der Waals surface area contributed by atoms with E-state index in [0.717, 1.165) is 31.6 Å². The minimum Gasteiger partial charge on any atom is -0.493 e. The molecule has 16 heavy (non-hydrogen) atoms. The van der Waals surface area contributed by atoms with Gasteiger partial charge in [0, 0.05) is 0 Å². The Hall–Kier alpha value is -1.24. The second kappa shape index (κ2) is 7.10. The van der Waals surface area contributed by atoms with E-state index in [1.165, 1.54) is 11.1 Å². The Kier molecular flexibility index (Phi) is 5.69. The number of benzene rings is 1. The smallest absolute Gasteiger partial charge is 0.122 e. The molecule has 0 heterocycles. The Morgan fingerprint density at radius 2 is 2.12 bits per heavy atom. The van der Waals surface area contributed by atoms with Crippen molar-refractivity contribution in [1.82, 2.24) is 0 Å². The first-order chi connectivity index (χ1) is 7.77. The van der Waals surface area contributed by atoms with Gasteiger partial charge in [-0.1, -0.05) is 36.8 Å². The molecule has 1 aromatic carbocycles. The Labute approximate surface area is 99.1 Å². The van der Waals surface area contributed by atoms with Crippen LogP contribution < -0.4 is 4.74 Å². The molecule has 1 nitrogen and oxygen atoms in total. The van der Waals surface area contributed by atoms with E-state index < -0.39 is 0 Å². The van der Waals surface area contributed by atoms with Gasteiger partial charge in [-0.05, 0) is 44.7 Å². The van der Waals surface area contributed by atoms with E-state index in [1.54, 1.807) is 0 Å². The third kappa shape index (κ3) is 4.09. The zero-order valence-corrected chi connectivity index (χ0v) is 10.6. The van der Waals surface area contributed by atoms with Crippen molar-refractivity contribution in [3.05, 3.63) is 41.5 Å². The average molecular weight is 218 g/mol. The first-order valence-corrected chi connectivity index (χ1v) is 6.11. The highest BCUT2D eigenvalue weighted by atomic mass is 16.5. The summed E-state index contributed by atoms with van der Waals surface area (Å²) < 4.78 is 5.75. The molecule has 0 N–H and O–H groups in total. The zero-order valence-electron chi connectivity index (χ0n) is 10.6. The maximum atomic E-state index is 5.75. The van der Waals surface area contributed by atoms with Crippen molar-refractivity contribution < 1.29 is 4.74 Å². The lowest BCUT2D eigenvalue weighted by Crippen LogP contribution is -1.99. The van der Waals surface area contributed by atoms with Crippen LogP contribution in [-0.4, -0.2) is 6.61 Å². The Morgan fingerprint density at radius 3 is 2.81 bits per heavy atom.